The number of nitrogens with zero attached hydrogens (tertiary/aromatic N) is 4. The molecule has 0 aromatic heterocycles. The number of aryl methyl sites for hydroxylation is 1. The summed E-state index contributed by atoms with van der Waals surface area (Å²) >= 11 is 0. The Bertz CT molecular complexity index is 2160. The van der Waals surface area contributed by atoms with Crippen molar-refractivity contribution in [2.75, 3.05) is 57.3 Å². The summed E-state index contributed by atoms with van der Waals surface area (Å²) in [6.45, 7) is 11.1. The summed E-state index contributed by atoms with van der Waals surface area (Å²) in [4.78, 5) is 47.8. The van der Waals surface area contributed by atoms with Crippen molar-refractivity contribution in [1.29, 1.82) is 0 Å². The lowest BCUT2D eigenvalue weighted by molar-refractivity contribution is -0.125. The van der Waals surface area contributed by atoms with Gasteiger partial charge in [0.1, 0.15) is 24.1 Å². The Kier molecular flexibility index (Phi) is 10.3. The summed E-state index contributed by atoms with van der Waals surface area (Å²) in [7, 11) is 0. The van der Waals surface area contributed by atoms with Crippen LogP contribution in [0.2, 0.25) is 0 Å². The number of aromatic hydroxyl groups is 1. The van der Waals surface area contributed by atoms with Gasteiger partial charge in [0.05, 0.1) is 11.1 Å². The lowest BCUT2D eigenvalue weighted by Gasteiger charge is -2.43. The van der Waals surface area contributed by atoms with Crippen molar-refractivity contribution < 1.29 is 24.2 Å². The van der Waals surface area contributed by atoms with Crippen LogP contribution in [0, 0.1) is 0 Å². The summed E-state index contributed by atoms with van der Waals surface area (Å²) in [5, 5.41) is 12.9. The number of piperidine rings is 2. The SMILES string of the molecule is C=C1CCC(N2C(=O)c3ccc(N4CCN(C5CCN(CCOc6ccc([C@H]7c8ccc(O)cc8CC[C@H]7c7ccccc7)cc6)CC5)CC4)cc3C2=O)C(=O)N1. The number of allylic oxidation sites excluding steroid dienone is 1. The second kappa shape index (κ2) is 15.8. The molecule has 3 fully saturated rings. The standard InChI is InChI=1S/C47H51N5O5/c1-31-7-18-43(45(54)48-31)52-46(55)41-16-11-36(30-42(41)47(52)56)51-25-23-50(24-26-51)35-19-21-49(22-20-35)27-28-57-38-13-8-33(9-14-38)44-39(32-5-3-2-4-6-32)15-10-34-29-37(53)12-17-40(34)44/h2-6,8-9,11-14,16-17,29-30,35,39,43-44,53H,1,7,10,15,18-28H2,(H,48,54)/t39-,43?,44+/m0/s1. The van der Waals surface area contributed by atoms with Crippen LogP contribution in [-0.2, 0) is 11.2 Å². The molecule has 1 aliphatic carbocycles. The second-order valence-electron chi connectivity index (χ2n) is 16.3. The molecule has 2 N–H and O–H groups in total. The largest absolute Gasteiger partial charge is 0.508 e. The predicted molar refractivity (Wildman–Crippen MR) is 220 cm³/mol. The number of amides is 3. The number of hydrogen-bond donors (Lipinski definition) is 2. The third-order valence-electron chi connectivity index (χ3n) is 13.0. The Hall–Kier alpha value is -5.45. The molecule has 0 bridgehead atoms. The lowest BCUT2D eigenvalue weighted by atomic mass is 9.69. The van der Waals surface area contributed by atoms with E-state index in [0.717, 1.165) is 87.8 Å². The molecule has 0 radical (unpaired) electrons. The summed E-state index contributed by atoms with van der Waals surface area (Å²) in [5.41, 5.74) is 7.48. The average Bonchev–Trinajstić information content (AvgIpc) is 3.49. The van der Waals surface area contributed by atoms with E-state index in [-0.39, 0.29) is 17.7 Å². The average molecular weight is 766 g/mol. The number of hydrogen-bond acceptors (Lipinski definition) is 8. The lowest BCUT2D eigenvalue weighted by Crippen LogP contribution is -2.53. The van der Waals surface area contributed by atoms with Crippen LogP contribution in [0.4, 0.5) is 5.69 Å². The Morgan fingerprint density at radius 3 is 2.25 bits per heavy atom. The van der Waals surface area contributed by atoms with Crippen LogP contribution < -0.4 is 15.0 Å². The number of imide groups is 1. The number of carbonyl (C=O) groups is 3. The first kappa shape index (κ1) is 37.1. The Morgan fingerprint density at radius 2 is 1.49 bits per heavy atom. The molecule has 0 spiro atoms. The normalized spacial score (nSPS) is 23.3. The number of benzene rings is 4. The van der Waals surface area contributed by atoms with E-state index in [1.54, 1.807) is 6.07 Å². The molecule has 5 aliphatic rings. The van der Waals surface area contributed by atoms with E-state index in [1.807, 2.05) is 24.3 Å². The third-order valence-corrected chi connectivity index (χ3v) is 13.0. The highest BCUT2D eigenvalue weighted by Crippen LogP contribution is 2.47. The number of phenols is 1. The van der Waals surface area contributed by atoms with Crippen molar-refractivity contribution in [1.82, 2.24) is 20.0 Å². The number of piperazine rings is 1. The van der Waals surface area contributed by atoms with Gasteiger partial charge in [-0.15, -0.1) is 0 Å². The van der Waals surface area contributed by atoms with Crippen molar-refractivity contribution in [3.63, 3.8) is 0 Å². The monoisotopic (exact) mass is 765 g/mol. The van der Waals surface area contributed by atoms with Gasteiger partial charge in [-0.2, -0.15) is 0 Å². The topological polar surface area (TPSA) is 106 Å². The van der Waals surface area contributed by atoms with Gasteiger partial charge in [-0.1, -0.05) is 55.1 Å². The van der Waals surface area contributed by atoms with Gasteiger partial charge < -0.3 is 20.1 Å². The van der Waals surface area contributed by atoms with Crippen molar-refractivity contribution in [3.8, 4) is 11.5 Å². The minimum Gasteiger partial charge on any atom is -0.508 e. The van der Waals surface area contributed by atoms with Crippen LogP contribution in [-0.4, -0.2) is 102 Å². The second-order valence-corrected chi connectivity index (χ2v) is 16.3. The van der Waals surface area contributed by atoms with Crippen LogP contribution in [0.15, 0.2) is 103 Å². The number of nitrogens with one attached hydrogen (secondary N) is 1. The van der Waals surface area contributed by atoms with Crippen LogP contribution in [0.3, 0.4) is 0 Å². The molecule has 4 aromatic carbocycles. The highest BCUT2D eigenvalue weighted by molar-refractivity contribution is 6.23. The Balaban J connectivity index is 0.742. The summed E-state index contributed by atoms with van der Waals surface area (Å²) in [6, 6.07) is 30.6. The van der Waals surface area contributed by atoms with Gasteiger partial charge >= 0.3 is 0 Å². The van der Waals surface area contributed by atoms with Crippen LogP contribution in [0.25, 0.3) is 0 Å². The number of anilines is 1. The molecule has 294 valence electrons. The first-order valence-electron chi connectivity index (χ1n) is 20.6. The van der Waals surface area contributed by atoms with Gasteiger partial charge in [0, 0.05) is 56.1 Å². The number of rotatable bonds is 9. The summed E-state index contributed by atoms with van der Waals surface area (Å²) in [5.74, 6) is 0.690. The Morgan fingerprint density at radius 1 is 0.737 bits per heavy atom. The van der Waals surface area contributed by atoms with Crippen LogP contribution in [0.5, 0.6) is 11.5 Å². The van der Waals surface area contributed by atoms with E-state index >= 15 is 0 Å². The van der Waals surface area contributed by atoms with Gasteiger partial charge in [-0.3, -0.25) is 29.1 Å². The zero-order valence-corrected chi connectivity index (χ0v) is 32.4. The van der Waals surface area contributed by atoms with E-state index in [1.165, 1.54) is 22.3 Å². The van der Waals surface area contributed by atoms with Crippen LogP contribution >= 0.6 is 0 Å². The van der Waals surface area contributed by atoms with Gasteiger partial charge in [0.25, 0.3) is 11.8 Å². The maximum absolute atomic E-state index is 13.4. The fourth-order valence-electron chi connectivity index (χ4n) is 9.93. The molecule has 10 heteroatoms. The van der Waals surface area contributed by atoms with Crippen molar-refractivity contribution in [2.24, 2.45) is 0 Å². The quantitative estimate of drug-likeness (QED) is 0.191. The third kappa shape index (κ3) is 7.44. The molecular formula is C47H51N5O5. The first-order chi connectivity index (χ1) is 27.8. The van der Waals surface area contributed by atoms with Crippen molar-refractivity contribution in [3.05, 3.63) is 137 Å². The molecule has 1 unspecified atom stereocenters. The molecule has 4 aliphatic heterocycles. The van der Waals surface area contributed by atoms with Crippen LogP contribution in [0.1, 0.15) is 86.9 Å². The highest BCUT2D eigenvalue weighted by Gasteiger charge is 2.44. The van der Waals surface area contributed by atoms with Gasteiger partial charge in [0.2, 0.25) is 5.91 Å². The number of phenolic OH excluding ortho intramolecular Hbond substituents is 1. The number of likely N-dealkylation sites (tertiary alicyclic amines) is 1. The number of fused-ring (bicyclic) bond motifs is 2. The molecule has 3 saturated heterocycles. The predicted octanol–water partition coefficient (Wildman–Crippen LogP) is 6.31. The van der Waals surface area contributed by atoms with Crippen molar-refractivity contribution in [2.45, 2.75) is 62.4 Å². The summed E-state index contributed by atoms with van der Waals surface area (Å²) in [6.07, 6.45) is 5.20. The molecule has 57 heavy (non-hydrogen) atoms. The Labute approximate surface area is 334 Å². The van der Waals surface area contributed by atoms with Gasteiger partial charge in [-0.05, 0) is 122 Å². The van der Waals surface area contributed by atoms with E-state index in [2.05, 4.69) is 87.3 Å². The van der Waals surface area contributed by atoms with Gasteiger partial charge in [-0.25, -0.2) is 0 Å². The fourth-order valence-corrected chi connectivity index (χ4v) is 9.93. The number of carbonyl (C=O) groups excluding carboxylic acids is 3. The zero-order valence-electron chi connectivity index (χ0n) is 32.4. The maximum Gasteiger partial charge on any atom is 0.262 e. The zero-order chi connectivity index (χ0) is 39.0. The molecule has 4 aromatic rings. The smallest absolute Gasteiger partial charge is 0.262 e. The minimum absolute atomic E-state index is 0.220. The van der Waals surface area contributed by atoms with E-state index in [4.69, 9.17) is 4.74 Å². The minimum atomic E-state index is -0.801. The molecule has 10 nitrogen and oxygen atoms in total. The molecule has 9 rings (SSSR count). The molecule has 3 amide bonds. The van der Waals surface area contributed by atoms with E-state index in [9.17, 15) is 19.5 Å². The first-order valence-corrected chi connectivity index (χ1v) is 20.6. The summed E-state index contributed by atoms with van der Waals surface area (Å²) < 4.78 is 6.28. The van der Waals surface area contributed by atoms with E-state index in [0.29, 0.717) is 54.0 Å². The van der Waals surface area contributed by atoms with Crippen molar-refractivity contribution >= 4 is 23.4 Å². The highest BCUT2D eigenvalue weighted by atomic mass is 16.5. The molecule has 3 atom stereocenters. The van der Waals surface area contributed by atoms with Gasteiger partial charge in [0.15, 0.2) is 0 Å². The molecule has 4 heterocycles. The molecule has 0 saturated carbocycles. The molecular weight excluding hydrogens is 715 g/mol. The number of ether oxygens (including phenoxy) is 1. The fraction of sp³-hybridized carbons (Fsp3) is 0.383. The van der Waals surface area contributed by atoms with E-state index < -0.39 is 11.9 Å². The maximum atomic E-state index is 13.4.